The molecule has 4 nitrogen and oxygen atoms in total. The van der Waals surface area contributed by atoms with Gasteiger partial charge in [0, 0.05) is 18.8 Å². The molecule has 0 aliphatic rings. The fourth-order valence-corrected chi connectivity index (χ4v) is 5.13. The second-order valence-electron chi connectivity index (χ2n) is 4.85. The van der Waals surface area contributed by atoms with E-state index in [0.29, 0.717) is 30.9 Å². The van der Waals surface area contributed by atoms with Crippen LogP contribution in [0.4, 0.5) is 0 Å². The zero-order chi connectivity index (χ0) is 14.9. The second kappa shape index (κ2) is 9.28. The van der Waals surface area contributed by atoms with Gasteiger partial charge >= 0.3 is 14.5 Å². The topological polar surface area (TPSA) is 44.8 Å². The Labute approximate surface area is 118 Å². The maximum Gasteiger partial charge on any atom is 0.340 e. The Morgan fingerprint density at radius 2 is 1.74 bits per heavy atom. The molecule has 0 saturated heterocycles. The number of ether oxygens (including phenoxy) is 1. The summed E-state index contributed by atoms with van der Waals surface area (Å²) < 4.78 is 17.0. The van der Waals surface area contributed by atoms with Gasteiger partial charge in [0.2, 0.25) is 0 Å². The molecule has 5 heteroatoms. The fraction of sp³-hybridized carbons (Fsp3) is 0.786. The predicted octanol–water partition coefficient (Wildman–Crippen LogP) is 3.42. The predicted molar refractivity (Wildman–Crippen MR) is 79.3 cm³/mol. The molecule has 0 aliphatic heterocycles. The third-order valence-electron chi connectivity index (χ3n) is 2.91. The van der Waals surface area contributed by atoms with Crippen LogP contribution in [0.15, 0.2) is 12.2 Å². The summed E-state index contributed by atoms with van der Waals surface area (Å²) in [5.41, 5.74) is 0.811. The van der Waals surface area contributed by atoms with Gasteiger partial charge in [-0.1, -0.05) is 20.4 Å². The monoisotopic (exact) mass is 288 g/mol. The summed E-state index contributed by atoms with van der Waals surface area (Å²) in [6.07, 6.45) is 0.767. The highest BCUT2D eigenvalue weighted by Gasteiger charge is 2.40. The van der Waals surface area contributed by atoms with Crippen molar-refractivity contribution in [3.63, 3.8) is 0 Å². The van der Waals surface area contributed by atoms with Gasteiger partial charge in [0.1, 0.15) is 0 Å². The van der Waals surface area contributed by atoms with Gasteiger partial charge < -0.3 is 13.6 Å². The van der Waals surface area contributed by atoms with Gasteiger partial charge in [-0.25, -0.2) is 4.79 Å². The van der Waals surface area contributed by atoms with Crippen LogP contribution in [0.2, 0.25) is 11.6 Å². The van der Waals surface area contributed by atoms with E-state index < -0.39 is 8.56 Å². The van der Waals surface area contributed by atoms with Crippen LogP contribution in [0.1, 0.15) is 41.0 Å². The number of hydrogen-bond donors (Lipinski definition) is 0. The molecule has 0 aromatic heterocycles. The summed E-state index contributed by atoms with van der Waals surface area (Å²) >= 11 is 0. The Kier molecular flexibility index (Phi) is 8.96. The van der Waals surface area contributed by atoms with E-state index in [2.05, 4.69) is 20.4 Å². The third-order valence-corrected chi connectivity index (χ3v) is 7.27. The first-order valence-corrected chi connectivity index (χ1v) is 9.10. The Bertz CT molecular complexity index is 283. The fourth-order valence-electron chi connectivity index (χ4n) is 1.90. The maximum absolute atomic E-state index is 11.3. The molecule has 112 valence electrons. The van der Waals surface area contributed by atoms with Gasteiger partial charge in [0.15, 0.2) is 0 Å². The van der Waals surface area contributed by atoms with Crippen LogP contribution in [-0.2, 0) is 18.4 Å². The number of esters is 1. The van der Waals surface area contributed by atoms with Crippen LogP contribution < -0.4 is 0 Å². The second-order valence-corrected chi connectivity index (χ2v) is 8.71. The van der Waals surface area contributed by atoms with E-state index in [1.165, 1.54) is 0 Å². The van der Waals surface area contributed by atoms with E-state index in [1.807, 2.05) is 13.8 Å². The van der Waals surface area contributed by atoms with Crippen LogP contribution in [-0.4, -0.2) is 34.4 Å². The van der Waals surface area contributed by atoms with E-state index in [0.717, 1.165) is 12.5 Å². The summed E-state index contributed by atoms with van der Waals surface area (Å²) in [7, 11) is -2.19. The highest BCUT2D eigenvalue weighted by Crippen LogP contribution is 2.29. The van der Waals surface area contributed by atoms with Gasteiger partial charge in [0.05, 0.1) is 6.61 Å². The molecule has 0 N–H and O–H groups in total. The Morgan fingerprint density at radius 3 is 2.11 bits per heavy atom. The lowest BCUT2D eigenvalue weighted by molar-refractivity contribution is -0.138. The molecule has 0 heterocycles. The van der Waals surface area contributed by atoms with Gasteiger partial charge in [-0.2, -0.15) is 0 Å². The largest absolute Gasteiger partial charge is 0.462 e. The molecule has 0 atom stereocenters. The summed E-state index contributed by atoms with van der Waals surface area (Å²) in [5, 5.41) is 0. The first-order valence-electron chi connectivity index (χ1n) is 7.00. The molecule has 0 rings (SSSR count). The standard InChI is InChI=1S/C14H28O4Si/c1-7-17-19(13(5)6,18-8-2)11-9-10-16-14(15)12(3)4/h13H,3,7-11H2,1-2,4-6H3. The van der Waals surface area contributed by atoms with Crippen molar-refractivity contribution in [2.24, 2.45) is 0 Å². The van der Waals surface area contributed by atoms with Crippen molar-refractivity contribution < 1.29 is 18.4 Å². The molecule has 19 heavy (non-hydrogen) atoms. The van der Waals surface area contributed by atoms with Crippen LogP contribution >= 0.6 is 0 Å². The number of rotatable bonds is 10. The first kappa shape index (κ1) is 18.3. The molecule has 0 aromatic rings. The van der Waals surface area contributed by atoms with Crippen LogP contribution in [0.5, 0.6) is 0 Å². The van der Waals surface area contributed by atoms with Gasteiger partial charge in [-0.15, -0.1) is 0 Å². The smallest absolute Gasteiger partial charge is 0.340 e. The maximum atomic E-state index is 11.3. The van der Waals surface area contributed by atoms with Gasteiger partial charge in [-0.3, -0.25) is 0 Å². The van der Waals surface area contributed by atoms with Crippen molar-refractivity contribution in [2.75, 3.05) is 19.8 Å². The molecule has 0 amide bonds. The minimum absolute atomic E-state index is 0.329. The molecule has 0 aliphatic carbocycles. The quantitative estimate of drug-likeness (QED) is 0.267. The zero-order valence-corrected chi connectivity index (χ0v) is 14.0. The van der Waals surface area contributed by atoms with Crippen LogP contribution in [0.25, 0.3) is 0 Å². The summed E-state index contributed by atoms with van der Waals surface area (Å²) in [6, 6.07) is 0.843. The molecule has 0 fully saturated rings. The molecule has 0 spiro atoms. The molecule has 0 unspecified atom stereocenters. The first-order chi connectivity index (χ1) is 8.89. The Balaban J connectivity index is 4.33. The van der Waals surface area contributed by atoms with E-state index in [4.69, 9.17) is 13.6 Å². The van der Waals surface area contributed by atoms with E-state index >= 15 is 0 Å². The molecule has 0 aromatic carbocycles. The molecular weight excluding hydrogens is 260 g/mol. The van der Waals surface area contributed by atoms with Crippen molar-refractivity contribution in [2.45, 2.75) is 52.6 Å². The van der Waals surface area contributed by atoms with Crippen molar-refractivity contribution in [3.8, 4) is 0 Å². The molecular formula is C14H28O4Si. The minimum Gasteiger partial charge on any atom is -0.462 e. The van der Waals surface area contributed by atoms with E-state index in [9.17, 15) is 4.79 Å². The van der Waals surface area contributed by atoms with Crippen molar-refractivity contribution in [1.82, 2.24) is 0 Å². The lowest BCUT2D eigenvalue weighted by Gasteiger charge is -2.33. The number of carbonyl (C=O) groups excluding carboxylic acids is 1. The normalized spacial score (nSPS) is 11.7. The SMILES string of the molecule is C=C(C)C(=O)OCCC[Si](OCC)(OCC)C(C)C. The molecule has 0 bridgehead atoms. The zero-order valence-electron chi connectivity index (χ0n) is 13.0. The lowest BCUT2D eigenvalue weighted by Crippen LogP contribution is -2.45. The lowest BCUT2D eigenvalue weighted by atomic mass is 10.4. The van der Waals surface area contributed by atoms with Crippen molar-refractivity contribution >= 4 is 14.5 Å². The van der Waals surface area contributed by atoms with Gasteiger partial charge in [0.25, 0.3) is 0 Å². The van der Waals surface area contributed by atoms with Gasteiger partial charge in [-0.05, 0) is 38.8 Å². The molecule has 0 saturated carbocycles. The van der Waals surface area contributed by atoms with Crippen LogP contribution in [0.3, 0.4) is 0 Å². The van der Waals surface area contributed by atoms with Crippen LogP contribution in [0, 0.1) is 0 Å². The summed E-state index contributed by atoms with van der Waals surface area (Å²) in [6.45, 7) is 15.2. The number of hydrogen-bond acceptors (Lipinski definition) is 4. The minimum atomic E-state index is -2.19. The van der Waals surface area contributed by atoms with E-state index in [1.54, 1.807) is 6.92 Å². The average molecular weight is 288 g/mol. The van der Waals surface area contributed by atoms with Crippen molar-refractivity contribution in [1.29, 1.82) is 0 Å². The summed E-state index contributed by atoms with van der Waals surface area (Å²) in [5.74, 6) is -0.329. The number of carbonyl (C=O) groups is 1. The highest BCUT2D eigenvalue weighted by atomic mass is 28.4. The highest BCUT2D eigenvalue weighted by molar-refractivity contribution is 6.68. The average Bonchev–Trinajstić information content (AvgIpc) is 2.34. The third kappa shape index (κ3) is 6.36. The Hall–Kier alpha value is -0.653. The van der Waals surface area contributed by atoms with E-state index in [-0.39, 0.29) is 5.97 Å². The molecule has 0 radical (unpaired) electrons. The van der Waals surface area contributed by atoms with Crippen molar-refractivity contribution in [3.05, 3.63) is 12.2 Å². The Morgan fingerprint density at radius 1 is 1.21 bits per heavy atom. The summed E-state index contributed by atoms with van der Waals surface area (Å²) in [4.78, 5) is 11.3.